The molecule has 0 spiro atoms. The van der Waals surface area contributed by atoms with Crippen LogP contribution in [-0.2, 0) is 9.47 Å². The van der Waals surface area contributed by atoms with Gasteiger partial charge in [-0.25, -0.2) is 9.59 Å². The number of carboxylic acid groups (broad SMARTS) is 1. The number of carboxylic acids is 1. The van der Waals surface area contributed by atoms with E-state index in [9.17, 15) is 9.59 Å². The van der Waals surface area contributed by atoms with Gasteiger partial charge in [0.1, 0.15) is 5.60 Å². The van der Waals surface area contributed by atoms with Gasteiger partial charge in [-0.15, -0.1) is 10.2 Å². The smallest absolute Gasteiger partial charge is 0.410 e. The summed E-state index contributed by atoms with van der Waals surface area (Å²) in [7, 11) is 0. The van der Waals surface area contributed by atoms with Crippen LogP contribution in [0.5, 0.6) is 0 Å². The highest BCUT2D eigenvalue weighted by molar-refractivity contribution is 6.29. The molecule has 2 N–H and O–H groups in total. The van der Waals surface area contributed by atoms with Crippen LogP contribution in [0.4, 0.5) is 10.5 Å². The number of aromatic carboxylic acids is 1. The molecule has 1 aliphatic heterocycles. The number of hydrogen-bond acceptors (Lipinski definition) is 7. The molecule has 0 saturated carbocycles. The molecule has 0 aromatic carbocycles. The number of ether oxygens (including phenoxy) is 2. The van der Waals surface area contributed by atoms with Gasteiger partial charge in [0.25, 0.3) is 0 Å². The normalized spacial score (nSPS) is 17.9. The van der Waals surface area contributed by atoms with Crippen LogP contribution in [0, 0.1) is 0 Å². The second-order valence-corrected chi connectivity index (χ2v) is 6.92. The van der Waals surface area contributed by atoms with Crippen LogP contribution < -0.4 is 5.32 Å². The van der Waals surface area contributed by atoms with E-state index in [1.807, 2.05) is 0 Å². The number of nitrogens with zero attached hydrogens (tertiary/aromatic N) is 3. The molecule has 0 radical (unpaired) electrons. The lowest BCUT2D eigenvalue weighted by molar-refractivity contribution is -0.0371. The van der Waals surface area contributed by atoms with Gasteiger partial charge < -0.3 is 24.8 Å². The lowest BCUT2D eigenvalue weighted by atomic mass is 10.2. The quantitative estimate of drug-likeness (QED) is 0.823. The summed E-state index contributed by atoms with van der Waals surface area (Å²) in [4.78, 5) is 24.9. The maximum absolute atomic E-state index is 12.1. The predicted octanol–water partition coefficient (Wildman–Crippen LogP) is 1.88. The third kappa shape index (κ3) is 5.71. The first-order valence-electron chi connectivity index (χ1n) is 7.75. The second kappa shape index (κ2) is 7.83. The molecule has 1 aliphatic rings. The van der Waals surface area contributed by atoms with Crippen LogP contribution in [0.1, 0.15) is 31.3 Å². The zero-order valence-corrected chi connectivity index (χ0v) is 15.0. The van der Waals surface area contributed by atoms with Gasteiger partial charge in [-0.05, 0) is 20.8 Å². The number of rotatable bonds is 4. The number of carbonyl (C=O) groups is 2. The number of hydrogen-bond donors (Lipinski definition) is 2. The number of nitrogens with one attached hydrogen (secondary N) is 1. The van der Waals surface area contributed by atoms with E-state index in [1.54, 1.807) is 25.7 Å². The van der Waals surface area contributed by atoms with Gasteiger partial charge in [-0.2, -0.15) is 0 Å². The molecular formula is C15H21ClN4O5. The van der Waals surface area contributed by atoms with Crippen LogP contribution in [0.2, 0.25) is 5.15 Å². The molecule has 0 bridgehead atoms. The van der Waals surface area contributed by atoms with E-state index >= 15 is 0 Å². The molecule has 1 atom stereocenters. The van der Waals surface area contributed by atoms with E-state index in [0.717, 1.165) is 0 Å². The fourth-order valence-corrected chi connectivity index (χ4v) is 2.37. The summed E-state index contributed by atoms with van der Waals surface area (Å²) in [6.07, 6.45) is -0.726. The van der Waals surface area contributed by atoms with E-state index in [1.165, 1.54) is 6.07 Å². The van der Waals surface area contributed by atoms with Crippen LogP contribution in [0.25, 0.3) is 0 Å². The zero-order valence-electron chi connectivity index (χ0n) is 14.3. The van der Waals surface area contributed by atoms with E-state index in [4.69, 9.17) is 26.2 Å². The number of morpholine rings is 1. The molecule has 1 fully saturated rings. The van der Waals surface area contributed by atoms with E-state index < -0.39 is 17.7 Å². The summed E-state index contributed by atoms with van der Waals surface area (Å²) in [5.74, 6) is -1.22. The Kier molecular flexibility index (Phi) is 6.02. The minimum atomic E-state index is -1.22. The van der Waals surface area contributed by atoms with E-state index in [-0.39, 0.29) is 29.2 Å². The van der Waals surface area contributed by atoms with Gasteiger partial charge in [-0.1, -0.05) is 11.6 Å². The summed E-state index contributed by atoms with van der Waals surface area (Å²) >= 11 is 5.76. The summed E-state index contributed by atoms with van der Waals surface area (Å²) in [5.41, 5.74) is -0.561. The fraction of sp³-hybridized carbons (Fsp3) is 0.600. The molecule has 1 amide bonds. The van der Waals surface area contributed by atoms with Gasteiger partial charge >= 0.3 is 12.1 Å². The van der Waals surface area contributed by atoms with Gasteiger partial charge in [0, 0.05) is 19.2 Å². The third-order valence-corrected chi connectivity index (χ3v) is 3.46. The summed E-state index contributed by atoms with van der Waals surface area (Å²) in [6.45, 7) is 6.83. The third-order valence-electron chi connectivity index (χ3n) is 3.28. The number of amides is 1. The Morgan fingerprint density at radius 1 is 1.48 bits per heavy atom. The van der Waals surface area contributed by atoms with Crippen molar-refractivity contribution in [2.45, 2.75) is 32.5 Å². The Hall–Kier alpha value is -2.13. The lowest BCUT2D eigenvalue weighted by Crippen LogP contribution is -2.49. The highest BCUT2D eigenvalue weighted by Crippen LogP contribution is 2.18. The molecule has 138 valence electrons. The minimum Gasteiger partial charge on any atom is -0.476 e. The van der Waals surface area contributed by atoms with Crippen molar-refractivity contribution in [1.29, 1.82) is 0 Å². The molecule has 1 aromatic rings. The van der Waals surface area contributed by atoms with Crippen molar-refractivity contribution in [1.82, 2.24) is 15.1 Å². The first-order valence-corrected chi connectivity index (χ1v) is 8.13. The number of anilines is 1. The van der Waals surface area contributed by atoms with Crippen molar-refractivity contribution in [3.05, 3.63) is 16.9 Å². The average Bonchev–Trinajstić information content (AvgIpc) is 2.51. The molecule has 2 rings (SSSR count). The standard InChI is InChI=1S/C15H21ClN4O5/c1-15(2,3)25-14(23)20-4-5-24-9(8-20)7-17-10-6-11(16)18-19-12(10)13(21)22/h6,9H,4-5,7-8H2,1-3H3,(H,17,18)(H,21,22). The monoisotopic (exact) mass is 372 g/mol. The summed E-state index contributed by atoms with van der Waals surface area (Å²) in [6, 6.07) is 1.38. The Labute approximate surface area is 150 Å². The van der Waals surface area contributed by atoms with Crippen molar-refractivity contribution >= 4 is 29.4 Å². The van der Waals surface area contributed by atoms with E-state index in [2.05, 4.69) is 15.5 Å². The van der Waals surface area contributed by atoms with Crippen molar-refractivity contribution in [3.63, 3.8) is 0 Å². The molecule has 9 nitrogen and oxygen atoms in total. The van der Waals surface area contributed by atoms with Crippen LogP contribution in [0.3, 0.4) is 0 Å². The number of halogens is 1. The maximum atomic E-state index is 12.1. The predicted molar refractivity (Wildman–Crippen MR) is 90.0 cm³/mol. The SMILES string of the molecule is CC(C)(C)OC(=O)N1CCOC(CNc2cc(Cl)nnc2C(=O)O)C1. The van der Waals surface area contributed by atoms with E-state index in [0.29, 0.717) is 19.7 Å². The van der Waals surface area contributed by atoms with Crippen molar-refractivity contribution in [3.8, 4) is 0 Å². The van der Waals surface area contributed by atoms with Crippen LogP contribution in [-0.4, -0.2) is 70.2 Å². The Morgan fingerprint density at radius 3 is 2.84 bits per heavy atom. The van der Waals surface area contributed by atoms with Crippen LogP contribution in [0.15, 0.2) is 6.07 Å². The Balaban J connectivity index is 1.96. The van der Waals surface area contributed by atoms with Gasteiger partial charge in [0.05, 0.1) is 24.9 Å². The first-order chi connectivity index (χ1) is 11.7. The van der Waals surface area contributed by atoms with Crippen molar-refractivity contribution < 1.29 is 24.2 Å². The fourth-order valence-electron chi connectivity index (χ4n) is 2.22. The molecule has 1 aromatic heterocycles. The largest absolute Gasteiger partial charge is 0.476 e. The van der Waals surface area contributed by atoms with Gasteiger partial charge in [-0.3, -0.25) is 0 Å². The van der Waals surface area contributed by atoms with Gasteiger partial charge in [0.2, 0.25) is 0 Å². The first kappa shape index (κ1) is 19.2. The maximum Gasteiger partial charge on any atom is 0.410 e. The molecule has 25 heavy (non-hydrogen) atoms. The van der Waals surface area contributed by atoms with Crippen molar-refractivity contribution in [2.24, 2.45) is 0 Å². The van der Waals surface area contributed by atoms with Gasteiger partial charge in [0.15, 0.2) is 10.8 Å². The Morgan fingerprint density at radius 2 is 2.20 bits per heavy atom. The molecule has 1 saturated heterocycles. The number of carbonyl (C=O) groups excluding carboxylic acids is 1. The highest BCUT2D eigenvalue weighted by Gasteiger charge is 2.28. The second-order valence-electron chi connectivity index (χ2n) is 6.53. The zero-order chi connectivity index (χ0) is 18.6. The van der Waals surface area contributed by atoms with Crippen LogP contribution >= 0.6 is 11.6 Å². The minimum absolute atomic E-state index is 0.0763. The summed E-state index contributed by atoms with van der Waals surface area (Å²) in [5, 5.41) is 19.2. The average molecular weight is 373 g/mol. The molecule has 0 aliphatic carbocycles. The molecule has 2 heterocycles. The molecule has 10 heteroatoms. The lowest BCUT2D eigenvalue weighted by Gasteiger charge is -2.34. The number of aromatic nitrogens is 2. The Bertz CT molecular complexity index is 649. The molecule has 1 unspecified atom stereocenters. The topological polar surface area (TPSA) is 114 Å². The molecular weight excluding hydrogens is 352 g/mol. The van der Waals surface area contributed by atoms with Crippen molar-refractivity contribution in [2.75, 3.05) is 31.6 Å². The highest BCUT2D eigenvalue weighted by atomic mass is 35.5. The summed E-state index contributed by atoms with van der Waals surface area (Å²) < 4.78 is 11.0.